The Bertz CT molecular complexity index is 582. The van der Waals surface area contributed by atoms with E-state index in [1.165, 1.54) is 0 Å². The minimum Gasteiger partial charge on any atom is -0.460 e. The Hall–Kier alpha value is -1.01. The number of nitrogens with two attached hydrogens (primary N) is 1. The molecule has 0 fully saturated rings. The van der Waals surface area contributed by atoms with Crippen LogP contribution in [0.25, 0.3) is 0 Å². The first-order valence-electron chi connectivity index (χ1n) is 15.7. The molecule has 44 heavy (non-hydrogen) atoms. The lowest BCUT2D eigenvalue weighted by Crippen LogP contribution is -2.23. The number of carbonyl (C=O) groups is 1. The van der Waals surface area contributed by atoms with E-state index in [4.69, 9.17) is 62.6 Å². The molecule has 0 bridgehead atoms. The van der Waals surface area contributed by atoms with E-state index >= 15 is 0 Å². The van der Waals surface area contributed by atoms with Crippen molar-refractivity contribution in [2.45, 2.75) is 39.2 Å². The molecule has 264 valence electrons. The molecule has 0 spiro atoms. The summed E-state index contributed by atoms with van der Waals surface area (Å²) in [6.45, 7) is 17.3. The number of ether oxygens (including phenoxy) is 12. The lowest BCUT2D eigenvalue weighted by atomic mass is 10.2. The highest BCUT2D eigenvalue weighted by atomic mass is 16.6. The van der Waals surface area contributed by atoms with Crippen LogP contribution in [0, 0.1) is 0 Å². The monoisotopic (exact) mass is 643 g/mol. The number of hydrogen-bond donors (Lipinski definition) is 1. The molecule has 0 radical (unpaired) electrons. The number of hydrogen-bond acceptors (Lipinski definition) is 14. The third-order valence-corrected chi connectivity index (χ3v) is 5.07. The van der Waals surface area contributed by atoms with Crippen LogP contribution in [0.1, 0.15) is 33.6 Å². The van der Waals surface area contributed by atoms with Gasteiger partial charge in [0.2, 0.25) is 0 Å². The first-order chi connectivity index (χ1) is 21.5. The summed E-state index contributed by atoms with van der Waals surface area (Å²) in [5.74, 6) is -0.202. The van der Waals surface area contributed by atoms with Gasteiger partial charge in [0.25, 0.3) is 0 Å². The fourth-order valence-corrected chi connectivity index (χ4v) is 3.10. The van der Waals surface area contributed by atoms with Gasteiger partial charge >= 0.3 is 5.97 Å². The average Bonchev–Trinajstić information content (AvgIpc) is 2.98. The second-order valence-electron chi connectivity index (χ2n) is 10.2. The van der Waals surface area contributed by atoms with Gasteiger partial charge in [0.15, 0.2) is 0 Å². The molecular weight excluding hydrogens is 582 g/mol. The predicted molar refractivity (Wildman–Crippen MR) is 163 cm³/mol. The summed E-state index contributed by atoms with van der Waals surface area (Å²) in [6.07, 6.45) is 0.987. The summed E-state index contributed by atoms with van der Waals surface area (Å²) in [5.41, 5.74) is 4.88. The molecule has 0 aliphatic heterocycles. The van der Waals surface area contributed by atoms with E-state index in [-0.39, 0.29) is 5.97 Å². The van der Waals surface area contributed by atoms with Gasteiger partial charge in [0, 0.05) is 19.6 Å². The average molecular weight is 644 g/mol. The van der Waals surface area contributed by atoms with E-state index in [1.807, 2.05) is 20.8 Å². The van der Waals surface area contributed by atoms with Crippen LogP contribution in [0.4, 0.5) is 0 Å². The van der Waals surface area contributed by atoms with Crippen molar-refractivity contribution >= 4 is 5.97 Å². The Kier molecular flexibility index (Phi) is 34.1. The van der Waals surface area contributed by atoms with Gasteiger partial charge in [0.05, 0.1) is 139 Å². The van der Waals surface area contributed by atoms with Crippen LogP contribution in [0.3, 0.4) is 0 Å². The zero-order valence-corrected chi connectivity index (χ0v) is 27.6. The van der Waals surface area contributed by atoms with Gasteiger partial charge in [-0.2, -0.15) is 0 Å². The van der Waals surface area contributed by atoms with E-state index in [2.05, 4.69) is 0 Å². The molecule has 0 atom stereocenters. The van der Waals surface area contributed by atoms with Crippen molar-refractivity contribution in [1.82, 2.24) is 0 Å². The van der Waals surface area contributed by atoms with Crippen molar-refractivity contribution in [2.24, 2.45) is 5.73 Å². The first kappa shape index (κ1) is 43.0. The quantitative estimate of drug-likeness (QED) is 0.0769. The summed E-state index contributed by atoms with van der Waals surface area (Å²) in [5, 5.41) is 0. The van der Waals surface area contributed by atoms with Crippen molar-refractivity contribution in [2.75, 3.05) is 152 Å². The van der Waals surface area contributed by atoms with Gasteiger partial charge in [0.1, 0.15) is 5.60 Å². The van der Waals surface area contributed by atoms with E-state index in [0.29, 0.717) is 165 Å². The number of esters is 1. The van der Waals surface area contributed by atoms with Crippen LogP contribution in [-0.4, -0.2) is 163 Å². The lowest BCUT2D eigenvalue weighted by Gasteiger charge is -2.19. The van der Waals surface area contributed by atoms with E-state index < -0.39 is 5.60 Å². The molecule has 0 aromatic heterocycles. The molecule has 0 aromatic rings. The van der Waals surface area contributed by atoms with Crippen molar-refractivity contribution < 1.29 is 61.6 Å². The smallest absolute Gasteiger partial charge is 0.306 e. The van der Waals surface area contributed by atoms with Gasteiger partial charge in [-0.05, 0) is 27.2 Å². The summed E-state index contributed by atoms with van der Waals surface area (Å²) in [4.78, 5) is 11.6. The zero-order chi connectivity index (χ0) is 32.2. The van der Waals surface area contributed by atoms with Crippen LogP contribution >= 0.6 is 0 Å². The second kappa shape index (κ2) is 34.9. The SMILES string of the molecule is CC(C)(C)OC(=O)CCCOCCOCCOCCOCCOCCOCCOCCOCCOCCOCCOCCN. The molecule has 0 aliphatic carbocycles. The Morgan fingerprint density at radius 1 is 0.409 bits per heavy atom. The largest absolute Gasteiger partial charge is 0.460 e. The molecule has 14 nitrogen and oxygen atoms in total. The molecule has 0 aliphatic rings. The molecule has 0 heterocycles. The second-order valence-corrected chi connectivity index (χ2v) is 10.2. The Morgan fingerprint density at radius 3 is 0.864 bits per heavy atom. The molecular formula is C30H61NO13. The summed E-state index contributed by atoms with van der Waals surface area (Å²) in [7, 11) is 0. The number of carbonyl (C=O) groups excluding carboxylic acids is 1. The Morgan fingerprint density at radius 2 is 0.636 bits per heavy atom. The summed E-state index contributed by atoms with van der Waals surface area (Å²) in [6, 6.07) is 0. The van der Waals surface area contributed by atoms with Gasteiger partial charge in [-0.1, -0.05) is 0 Å². The van der Waals surface area contributed by atoms with Gasteiger partial charge in [-0.15, -0.1) is 0 Å². The molecule has 0 amide bonds. The lowest BCUT2D eigenvalue weighted by molar-refractivity contribution is -0.155. The highest BCUT2D eigenvalue weighted by Crippen LogP contribution is 2.09. The zero-order valence-electron chi connectivity index (χ0n) is 27.6. The van der Waals surface area contributed by atoms with Crippen molar-refractivity contribution in [3.8, 4) is 0 Å². The number of rotatable bonds is 36. The topological polar surface area (TPSA) is 154 Å². The highest BCUT2D eigenvalue weighted by Gasteiger charge is 2.15. The maximum absolute atomic E-state index is 11.6. The first-order valence-corrected chi connectivity index (χ1v) is 15.7. The summed E-state index contributed by atoms with van der Waals surface area (Å²) < 4.78 is 64.9. The standard InChI is InChI=1S/C30H61NO13/c1-30(2,3)44-29(32)5-4-7-33-9-11-35-13-15-37-17-19-39-21-23-41-25-27-43-28-26-42-24-22-40-20-18-38-16-14-36-12-10-34-8-6-31/h4-28,31H2,1-3H3. The Labute approximate surface area is 264 Å². The van der Waals surface area contributed by atoms with Crippen molar-refractivity contribution in [3.05, 3.63) is 0 Å². The van der Waals surface area contributed by atoms with Crippen LogP contribution in [0.2, 0.25) is 0 Å². The van der Waals surface area contributed by atoms with Crippen LogP contribution in [-0.2, 0) is 61.6 Å². The minimum absolute atomic E-state index is 0.202. The molecule has 0 saturated carbocycles. The molecule has 0 aromatic carbocycles. The van der Waals surface area contributed by atoms with E-state index in [0.717, 1.165) is 0 Å². The molecule has 0 saturated heterocycles. The molecule has 0 rings (SSSR count). The van der Waals surface area contributed by atoms with Gasteiger partial charge in [-0.25, -0.2) is 0 Å². The Balaban J connectivity index is 3.09. The fourth-order valence-electron chi connectivity index (χ4n) is 3.10. The summed E-state index contributed by atoms with van der Waals surface area (Å²) >= 11 is 0. The third-order valence-electron chi connectivity index (χ3n) is 5.07. The van der Waals surface area contributed by atoms with Gasteiger partial charge in [-0.3, -0.25) is 4.79 Å². The fraction of sp³-hybridized carbons (Fsp3) is 0.967. The van der Waals surface area contributed by atoms with Crippen molar-refractivity contribution in [3.63, 3.8) is 0 Å². The van der Waals surface area contributed by atoms with E-state index in [1.54, 1.807) is 0 Å². The normalized spacial score (nSPS) is 11.8. The minimum atomic E-state index is -0.448. The van der Waals surface area contributed by atoms with Gasteiger partial charge < -0.3 is 62.6 Å². The molecule has 2 N–H and O–H groups in total. The van der Waals surface area contributed by atoms with Crippen LogP contribution in [0.15, 0.2) is 0 Å². The van der Waals surface area contributed by atoms with E-state index in [9.17, 15) is 4.79 Å². The highest BCUT2D eigenvalue weighted by molar-refractivity contribution is 5.69. The van der Waals surface area contributed by atoms with Crippen LogP contribution in [0.5, 0.6) is 0 Å². The maximum atomic E-state index is 11.6. The van der Waals surface area contributed by atoms with Crippen molar-refractivity contribution in [1.29, 1.82) is 0 Å². The van der Waals surface area contributed by atoms with Crippen LogP contribution < -0.4 is 5.73 Å². The molecule has 14 heteroatoms. The molecule has 0 unspecified atom stereocenters. The predicted octanol–water partition coefficient (Wildman–Crippen LogP) is 1.25. The third kappa shape index (κ3) is 39.0. The maximum Gasteiger partial charge on any atom is 0.306 e.